The SMILES string of the molecule is COc1ccc(CNC(=O)C[NH+]2CC[NH+](Cc3ccc(Cl)s3)CC2)cc1. The molecule has 0 bridgehead atoms. The Hall–Kier alpha value is -1.60. The van der Waals surface area contributed by atoms with Gasteiger partial charge in [-0.05, 0) is 29.8 Å². The van der Waals surface area contributed by atoms with Crippen molar-refractivity contribution in [1.29, 1.82) is 0 Å². The van der Waals surface area contributed by atoms with E-state index < -0.39 is 0 Å². The molecule has 1 fully saturated rings. The van der Waals surface area contributed by atoms with Crippen LogP contribution in [-0.4, -0.2) is 45.7 Å². The third kappa shape index (κ3) is 5.71. The highest BCUT2D eigenvalue weighted by molar-refractivity contribution is 7.16. The summed E-state index contributed by atoms with van der Waals surface area (Å²) in [5, 5.41) is 3.02. The van der Waals surface area contributed by atoms with E-state index in [-0.39, 0.29) is 5.91 Å². The Bertz CT molecular complexity index is 712. The smallest absolute Gasteiger partial charge is 0.275 e. The van der Waals surface area contributed by atoms with E-state index in [0.29, 0.717) is 13.1 Å². The van der Waals surface area contributed by atoms with Crippen molar-refractivity contribution in [3.8, 4) is 5.75 Å². The molecule has 140 valence electrons. The van der Waals surface area contributed by atoms with Gasteiger partial charge in [0.05, 0.1) is 16.3 Å². The molecule has 0 aliphatic carbocycles. The number of ether oxygens (including phenoxy) is 1. The minimum absolute atomic E-state index is 0.115. The third-order valence-corrected chi connectivity index (χ3v) is 6.01. The van der Waals surface area contributed by atoms with Gasteiger partial charge in [-0.2, -0.15) is 0 Å². The molecule has 0 spiro atoms. The zero-order valence-corrected chi connectivity index (χ0v) is 16.6. The molecule has 0 unspecified atom stereocenters. The van der Waals surface area contributed by atoms with E-state index in [1.165, 1.54) is 9.78 Å². The van der Waals surface area contributed by atoms with E-state index >= 15 is 0 Å². The predicted molar refractivity (Wildman–Crippen MR) is 104 cm³/mol. The standard InChI is InChI=1S/C19H24ClN3O2S/c1-25-16-4-2-15(3-5-16)12-21-19(24)14-23-10-8-22(9-11-23)13-17-6-7-18(20)26-17/h2-7H,8-14H2,1H3,(H,21,24)/p+2. The number of piperazine rings is 1. The molecule has 1 aromatic heterocycles. The van der Waals surface area contributed by atoms with Crippen molar-refractivity contribution in [2.75, 3.05) is 39.8 Å². The van der Waals surface area contributed by atoms with Crippen LogP contribution < -0.4 is 19.9 Å². The Morgan fingerprint density at radius 2 is 1.81 bits per heavy atom. The molecule has 1 saturated heterocycles. The molecule has 0 saturated carbocycles. The molecular weight excluding hydrogens is 370 g/mol. The Balaban J connectivity index is 1.36. The number of hydrogen-bond acceptors (Lipinski definition) is 3. The van der Waals surface area contributed by atoms with E-state index in [1.54, 1.807) is 23.3 Å². The first-order valence-electron chi connectivity index (χ1n) is 8.93. The number of quaternary nitrogens is 2. The Morgan fingerprint density at radius 3 is 2.42 bits per heavy atom. The number of rotatable bonds is 7. The maximum Gasteiger partial charge on any atom is 0.275 e. The van der Waals surface area contributed by atoms with Gasteiger partial charge in [-0.15, -0.1) is 11.3 Å². The van der Waals surface area contributed by atoms with Gasteiger partial charge in [-0.25, -0.2) is 0 Å². The second-order valence-electron chi connectivity index (χ2n) is 6.68. The van der Waals surface area contributed by atoms with Crippen LogP contribution in [0.5, 0.6) is 5.75 Å². The fraction of sp³-hybridized carbons (Fsp3) is 0.421. The monoisotopic (exact) mass is 395 g/mol. The van der Waals surface area contributed by atoms with Crippen LogP contribution in [0.1, 0.15) is 10.4 Å². The van der Waals surface area contributed by atoms with Gasteiger partial charge in [0.1, 0.15) is 38.5 Å². The Kier molecular flexibility index (Phi) is 6.91. The Morgan fingerprint density at radius 1 is 1.12 bits per heavy atom. The first-order valence-corrected chi connectivity index (χ1v) is 10.1. The molecular formula is C19H26ClN3O2S+2. The van der Waals surface area contributed by atoms with Crippen LogP contribution in [-0.2, 0) is 17.9 Å². The molecule has 26 heavy (non-hydrogen) atoms. The van der Waals surface area contributed by atoms with Crippen molar-refractivity contribution < 1.29 is 19.3 Å². The maximum atomic E-state index is 12.2. The number of carbonyl (C=O) groups excluding carboxylic acids is 1. The van der Waals surface area contributed by atoms with E-state index in [4.69, 9.17) is 16.3 Å². The Labute approximate surface area is 163 Å². The number of nitrogens with one attached hydrogen (secondary N) is 3. The van der Waals surface area contributed by atoms with E-state index in [9.17, 15) is 4.79 Å². The molecule has 2 heterocycles. The van der Waals surface area contributed by atoms with Gasteiger partial charge < -0.3 is 19.9 Å². The third-order valence-electron chi connectivity index (χ3n) is 4.78. The number of methoxy groups -OCH3 is 1. The van der Waals surface area contributed by atoms with Crippen molar-refractivity contribution in [1.82, 2.24) is 5.32 Å². The van der Waals surface area contributed by atoms with Crippen molar-refractivity contribution in [3.63, 3.8) is 0 Å². The second-order valence-corrected chi connectivity index (χ2v) is 8.48. The summed E-state index contributed by atoms with van der Waals surface area (Å²) in [6.07, 6.45) is 0. The van der Waals surface area contributed by atoms with Gasteiger partial charge in [0, 0.05) is 6.54 Å². The average Bonchev–Trinajstić information content (AvgIpc) is 3.07. The van der Waals surface area contributed by atoms with Crippen LogP contribution in [0.25, 0.3) is 0 Å². The zero-order chi connectivity index (χ0) is 18.4. The average molecular weight is 396 g/mol. The molecule has 5 nitrogen and oxygen atoms in total. The maximum absolute atomic E-state index is 12.2. The summed E-state index contributed by atoms with van der Waals surface area (Å²) in [5.41, 5.74) is 1.08. The molecule has 7 heteroatoms. The zero-order valence-electron chi connectivity index (χ0n) is 15.0. The van der Waals surface area contributed by atoms with Gasteiger partial charge in [-0.1, -0.05) is 23.7 Å². The molecule has 1 amide bonds. The summed E-state index contributed by atoms with van der Waals surface area (Å²) in [6, 6.07) is 11.9. The number of carbonyl (C=O) groups is 1. The molecule has 1 aromatic carbocycles. The van der Waals surface area contributed by atoms with Gasteiger partial charge in [-0.3, -0.25) is 4.79 Å². The summed E-state index contributed by atoms with van der Waals surface area (Å²) in [6.45, 7) is 6.40. The first kappa shape index (κ1) is 19.2. The fourth-order valence-electron chi connectivity index (χ4n) is 3.24. The molecule has 2 aromatic rings. The molecule has 1 aliphatic rings. The lowest BCUT2D eigenvalue weighted by molar-refractivity contribution is -1.01. The summed E-state index contributed by atoms with van der Waals surface area (Å²) in [4.78, 5) is 16.5. The van der Waals surface area contributed by atoms with Crippen molar-refractivity contribution in [2.24, 2.45) is 0 Å². The highest BCUT2D eigenvalue weighted by atomic mass is 35.5. The number of halogens is 1. The lowest BCUT2D eigenvalue weighted by atomic mass is 10.2. The molecule has 3 N–H and O–H groups in total. The molecule has 1 aliphatic heterocycles. The van der Waals surface area contributed by atoms with Crippen LogP contribution in [0.15, 0.2) is 36.4 Å². The van der Waals surface area contributed by atoms with E-state index in [2.05, 4.69) is 11.4 Å². The van der Waals surface area contributed by atoms with Crippen LogP contribution >= 0.6 is 22.9 Å². The van der Waals surface area contributed by atoms with E-state index in [0.717, 1.165) is 48.4 Å². The van der Waals surface area contributed by atoms with Crippen molar-refractivity contribution >= 4 is 28.8 Å². The quantitative estimate of drug-likeness (QED) is 0.618. The predicted octanol–water partition coefficient (Wildman–Crippen LogP) is 0.00990. The van der Waals surface area contributed by atoms with Gasteiger partial charge in [0.2, 0.25) is 0 Å². The van der Waals surface area contributed by atoms with E-state index in [1.807, 2.05) is 30.3 Å². The number of benzene rings is 1. The summed E-state index contributed by atoms with van der Waals surface area (Å²) in [7, 11) is 1.65. The van der Waals surface area contributed by atoms with Crippen LogP contribution in [0.2, 0.25) is 4.34 Å². The number of thiophene rings is 1. The van der Waals surface area contributed by atoms with Crippen LogP contribution in [0.4, 0.5) is 0 Å². The molecule has 3 rings (SSSR count). The minimum Gasteiger partial charge on any atom is -0.497 e. The largest absolute Gasteiger partial charge is 0.497 e. The molecule has 0 atom stereocenters. The fourth-order valence-corrected chi connectivity index (χ4v) is 4.40. The number of amides is 1. The highest BCUT2D eigenvalue weighted by Crippen LogP contribution is 2.20. The van der Waals surface area contributed by atoms with Crippen molar-refractivity contribution in [2.45, 2.75) is 13.1 Å². The lowest BCUT2D eigenvalue weighted by Gasteiger charge is -2.29. The van der Waals surface area contributed by atoms with Crippen LogP contribution in [0.3, 0.4) is 0 Å². The van der Waals surface area contributed by atoms with Gasteiger partial charge in [0.15, 0.2) is 6.54 Å². The first-order chi connectivity index (χ1) is 12.6. The van der Waals surface area contributed by atoms with Crippen molar-refractivity contribution in [3.05, 3.63) is 51.2 Å². The second kappa shape index (κ2) is 9.37. The summed E-state index contributed by atoms with van der Waals surface area (Å²) < 4.78 is 6.00. The number of hydrogen-bond donors (Lipinski definition) is 3. The van der Waals surface area contributed by atoms with Crippen LogP contribution in [0, 0.1) is 0 Å². The normalized spacial score (nSPS) is 19.9. The lowest BCUT2D eigenvalue weighted by Crippen LogP contribution is -3.28. The summed E-state index contributed by atoms with van der Waals surface area (Å²) in [5.74, 6) is 0.944. The minimum atomic E-state index is 0.115. The highest BCUT2D eigenvalue weighted by Gasteiger charge is 2.25. The summed E-state index contributed by atoms with van der Waals surface area (Å²) >= 11 is 7.67. The van der Waals surface area contributed by atoms with Gasteiger partial charge >= 0.3 is 0 Å². The van der Waals surface area contributed by atoms with Gasteiger partial charge in [0.25, 0.3) is 5.91 Å². The topological polar surface area (TPSA) is 47.2 Å². The molecule has 0 radical (unpaired) electrons.